The summed E-state index contributed by atoms with van der Waals surface area (Å²) in [5.41, 5.74) is 0. The van der Waals surface area contributed by atoms with Crippen molar-refractivity contribution in [3.8, 4) is 0 Å². The van der Waals surface area contributed by atoms with Crippen molar-refractivity contribution in [3.63, 3.8) is 0 Å². The molecule has 0 saturated heterocycles. The van der Waals surface area contributed by atoms with E-state index in [4.69, 9.17) is 16.3 Å². The van der Waals surface area contributed by atoms with Gasteiger partial charge < -0.3 is 4.74 Å². The summed E-state index contributed by atoms with van der Waals surface area (Å²) >= 11 is 6.03. The van der Waals surface area contributed by atoms with Gasteiger partial charge in [-0.3, -0.25) is 4.79 Å². The van der Waals surface area contributed by atoms with Crippen LogP contribution in [0.5, 0.6) is 0 Å². The smallest absolute Gasteiger partial charge is 0.304 e. The lowest BCUT2D eigenvalue weighted by molar-refractivity contribution is -0.151. The average molecular weight is 177 g/mol. The highest BCUT2D eigenvalue weighted by atomic mass is 35.5. The molecule has 11 heavy (non-hydrogen) atoms. The first-order chi connectivity index (χ1) is 5.12. The zero-order valence-electron chi connectivity index (χ0n) is 6.73. The quantitative estimate of drug-likeness (QED) is 0.453. The number of hydrogen-bond acceptors (Lipinski definition) is 2. The second-order valence-corrected chi connectivity index (χ2v) is 3.73. The van der Waals surface area contributed by atoms with Gasteiger partial charge in [-0.25, -0.2) is 0 Å². The predicted octanol–water partition coefficient (Wildman–Crippen LogP) is 2.45. The van der Waals surface area contributed by atoms with Crippen molar-refractivity contribution in [2.45, 2.75) is 44.1 Å². The largest absolute Gasteiger partial charge is 0.443 e. The fourth-order valence-electron chi connectivity index (χ4n) is 1.44. The molecule has 0 aromatic heterocycles. The Morgan fingerprint density at radius 1 is 1.36 bits per heavy atom. The maximum absolute atomic E-state index is 10.6. The molecule has 1 aliphatic carbocycles. The Morgan fingerprint density at radius 2 is 1.91 bits per heavy atom. The molecular weight excluding hydrogens is 164 g/mol. The molecule has 0 atom stereocenters. The lowest BCUT2D eigenvalue weighted by Gasteiger charge is -2.29. The number of alkyl halides is 1. The topological polar surface area (TPSA) is 26.3 Å². The standard InChI is InChI=1S/C8H13ClO2/c1-7(10)11-8(9)5-3-2-4-6-8/h2-6H2,1H3. The summed E-state index contributed by atoms with van der Waals surface area (Å²) in [7, 11) is 0. The molecule has 0 amide bonds. The Hall–Kier alpha value is -0.240. The van der Waals surface area contributed by atoms with Gasteiger partial charge in [-0.15, -0.1) is 0 Å². The second-order valence-electron chi connectivity index (χ2n) is 3.04. The van der Waals surface area contributed by atoms with Crippen molar-refractivity contribution in [1.82, 2.24) is 0 Å². The van der Waals surface area contributed by atoms with Gasteiger partial charge in [0.1, 0.15) is 0 Å². The summed E-state index contributed by atoms with van der Waals surface area (Å²) in [5.74, 6) is -0.276. The molecule has 0 aliphatic heterocycles. The van der Waals surface area contributed by atoms with Crippen LogP contribution < -0.4 is 0 Å². The van der Waals surface area contributed by atoms with E-state index in [2.05, 4.69) is 0 Å². The molecule has 0 aromatic carbocycles. The molecule has 1 aliphatic rings. The van der Waals surface area contributed by atoms with E-state index in [9.17, 15) is 4.79 Å². The molecule has 1 fully saturated rings. The molecule has 0 spiro atoms. The summed E-state index contributed by atoms with van der Waals surface area (Å²) < 4.78 is 5.01. The molecule has 0 aromatic rings. The van der Waals surface area contributed by atoms with Gasteiger partial charge in [0.05, 0.1) is 0 Å². The summed E-state index contributed by atoms with van der Waals surface area (Å²) in [4.78, 5) is 10.6. The highest BCUT2D eigenvalue weighted by Crippen LogP contribution is 2.34. The SMILES string of the molecule is CC(=O)OC1(Cl)CCCCC1. The van der Waals surface area contributed by atoms with Crippen LogP contribution in [-0.2, 0) is 9.53 Å². The van der Waals surface area contributed by atoms with Gasteiger partial charge >= 0.3 is 5.97 Å². The fourth-order valence-corrected chi connectivity index (χ4v) is 1.82. The van der Waals surface area contributed by atoms with Crippen LogP contribution in [0.1, 0.15) is 39.0 Å². The van der Waals surface area contributed by atoms with Crippen LogP contribution in [0, 0.1) is 0 Å². The number of ether oxygens (including phenoxy) is 1. The highest BCUT2D eigenvalue weighted by Gasteiger charge is 2.32. The van der Waals surface area contributed by atoms with Crippen LogP contribution >= 0.6 is 11.6 Å². The van der Waals surface area contributed by atoms with Crippen molar-refractivity contribution >= 4 is 17.6 Å². The first-order valence-electron chi connectivity index (χ1n) is 4.01. The lowest BCUT2D eigenvalue weighted by atomic mass is 9.97. The maximum atomic E-state index is 10.6. The van der Waals surface area contributed by atoms with E-state index < -0.39 is 5.06 Å². The number of carbonyl (C=O) groups excluding carboxylic acids is 1. The maximum Gasteiger partial charge on any atom is 0.304 e. The minimum Gasteiger partial charge on any atom is -0.443 e. The van der Waals surface area contributed by atoms with Gasteiger partial charge in [0.15, 0.2) is 5.06 Å². The Labute approximate surface area is 71.9 Å². The molecule has 0 radical (unpaired) electrons. The summed E-state index contributed by atoms with van der Waals surface area (Å²) in [6, 6.07) is 0. The van der Waals surface area contributed by atoms with Crippen molar-refractivity contribution < 1.29 is 9.53 Å². The van der Waals surface area contributed by atoms with Crippen LogP contribution in [0.4, 0.5) is 0 Å². The third-order valence-corrected chi connectivity index (χ3v) is 2.38. The first kappa shape index (κ1) is 8.85. The molecule has 0 N–H and O–H groups in total. The summed E-state index contributed by atoms with van der Waals surface area (Å²) in [5, 5.41) is -0.677. The predicted molar refractivity (Wildman–Crippen MR) is 43.4 cm³/mol. The third-order valence-electron chi connectivity index (χ3n) is 1.93. The van der Waals surface area contributed by atoms with Gasteiger partial charge in [0, 0.05) is 19.8 Å². The van der Waals surface area contributed by atoms with Gasteiger partial charge in [-0.1, -0.05) is 18.0 Å². The molecule has 0 heterocycles. The van der Waals surface area contributed by atoms with Crippen molar-refractivity contribution in [2.24, 2.45) is 0 Å². The van der Waals surface area contributed by atoms with Crippen molar-refractivity contribution in [1.29, 1.82) is 0 Å². The fraction of sp³-hybridized carbons (Fsp3) is 0.875. The Kier molecular flexibility index (Phi) is 2.77. The second kappa shape index (κ2) is 3.44. The average Bonchev–Trinajstić information content (AvgIpc) is 1.85. The molecule has 64 valence electrons. The molecular formula is C8H13ClO2. The highest BCUT2D eigenvalue weighted by molar-refractivity contribution is 6.23. The van der Waals surface area contributed by atoms with Crippen LogP contribution in [0.3, 0.4) is 0 Å². The minimum atomic E-state index is -0.677. The Morgan fingerprint density at radius 3 is 2.36 bits per heavy atom. The summed E-state index contributed by atoms with van der Waals surface area (Å²) in [6.07, 6.45) is 4.94. The number of hydrogen-bond donors (Lipinski definition) is 0. The van der Waals surface area contributed by atoms with Crippen LogP contribution in [0.2, 0.25) is 0 Å². The van der Waals surface area contributed by atoms with Crippen LogP contribution in [0.25, 0.3) is 0 Å². The lowest BCUT2D eigenvalue weighted by Crippen LogP contribution is -2.30. The molecule has 2 nitrogen and oxygen atoms in total. The normalized spacial score (nSPS) is 22.7. The van der Waals surface area contributed by atoms with E-state index in [1.165, 1.54) is 13.3 Å². The van der Waals surface area contributed by atoms with E-state index in [1.807, 2.05) is 0 Å². The zero-order valence-corrected chi connectivity index (χ0v) is 7.49. The number of rotatable bonds is 1. The summed E-state index contributed by atoms with van der Waals surface area (Å²) in [6.45, 7) is 1.40. The van der Waals surface area contributed by atoms with Crippen molar-refractivity contribution in [2.75, 3.05) is 0 Å². The van der Waals surface area contributed by atoms with E-state index in [0.717, 1.165) is 25.7 Å². The minimum absolute atomic E-state index is 0.276. The molecule has 0 unspecified atom stereocenters. The number of esters is 1. The van der Waals surface area contributed by atoms with E-state index in [0.29, 0.717) is 0 Å². The van der Waals surface area contributed by atoms with Gasteiger partial charge in [0.2, 0.25) is 0 Å². The van der Waals surface area contributed by atoms with E-state index in [-0.39, 0.29) is 5.97 Å². The van der Waals surface area contributed by atoms with Crippen molar-refractivity contribution in [3.05, 3.63) is 0 Å². The van der Waals surface area contributed by atoms with Crippen LogP contribution in [-0.4, -0.2) is 11.0 Å². The monoisotopic (exact) mass is 176 g/mol. The van der Waals surface area contributed by atoms with Gasteiger partial charge in [0.25, 0.3) is 0 Å². The van der Waals surface area contributed by atoms with Gasteiger partial charge in [-0.2, -0.15) is 0 Å². The molecule has 1 rings (SSSR count). The van der Waals surface area contributed by atoms with Crippen LogP contribution in [0.15, 0.2) is 0 Å². The third kappa shape index (κ3) is 2.70. The number of halogens is 1. The molecule has 3 heteroatoms. The molecule has 0 bridgehead atoms. The number of carbonyl (C=O) groups is 1. The first-order valence-corrected chi connectivity index (χ1v) is 4.39. The van der Waals surface area contributed by atoms with E-state index >= 15 is 0 Å². The Bertz CT molecular complexity index is 150. The van der Waals surface area contributed by atoms with E-state index in [1.54, 1.807) is 0 Å². The van der Waals surface area contributed by atoms with Gasteiger partial charge in [-0.05, 0) is 12.8 Å². The Balaban J connectivity index is 2.43. The zero-order chi connectivity index (χ0) is 8.32. The molecule has 1 saturated carbocycles.